The van der Waals surface area contributed by atoms with Gasteiger partial charge in [-0.3, -0.25) is 0 Å². The zero-order chi connectivity index (χ0) is 10.8. The summed E-state index contributed by atoms with van der Waals surface area (Å²) in [6, 6.07) is 5.31. The third-order valence-electron chi connectivity index (χ3n) is 1.91. The largest absolute Gasteiger partial charge is 0.494 e. The molecule has 78 valence electrons. The molecule has 1 aromatic rings. The van der Waals surface area contributed by atoms with Crippen LogP contribution in [-0.4, -0.2) is 11.7 Å². The van der Waals surface area contributed by atoms with E-state index in [2.05, 4.69) is 0 Å². The molecular weight excluding hydrogens is 200 g/mol. The van der Waals surface area contributed by atoms with Crippen molar-refractivity contribution in [1.82, 2.24) is 0 Å². The van der Waals surface area contributed by atoms with Gasteiger partial charge in [0.2, 0.25) is 0 Å². The summed E-state index contributed by atoms with van der Waals surface area (Å²) >= 11 is 6.01. The zero-order valence-electron chi connectivity index (χ0n) is 8.67. The first-order valence-corrected chi connectivity index (χ1v) is 4.98. The fourth-order valence-corrected chi connectivity index (χ4v) is 1.65. The molecule has 0 spiro atoms. The lowest BCUT2D eigenvalue weighted by Gasteiger charge is -2.19. The highest BCUT2D eigenvalue weighted by Gasteiger charge is 2.19. The van der Waals surface area contributed by atoms with Crippen molar-refractivity contribution in [3.63, 3.8) is 0 Å². The van der Waals surface area contributed by atoms with E-state index in [1.165, 1.54) is 0 Å². The van der Waals surface area contributed by atoms with E-state index >= 15 is 0 Å². The molecule has 0 atom stereocenters. The van der Waals surface area contributed by atoms with Crippen LogP contribution in [0.5, 0.6) is 5.75 Å². The lowest BCUT2D eigenvalue weighted by Crippen LogP contribution is -2.15. The average Bonchev–Trinajstić information content (AvgIpc) is 2.02. The number of hydrogen-bond acceptors (Lipinski definition) is 2. The maximum absolute atomic E-state index is 9.77. The fraction of sp³-hybridized carbons (Fsp3) is 0.455. The summed E-state index contributed by atoms with van der Waals surface area (Å²) in [5.74, 6) is 0.727. The Morgan fingerprint density at radius 3 is 2.50 bits per heavy atom. The highest BCUT2D eigenvalue weighted by molar-refractivity contribution is 6.31. The first-order valence-electron chi connectivity index (χ1n) is 4.60. The summed E-state index contributed by atoms with van der Waals surface area (Å²) in [5.41, 5.74) is -0.204. The second-order valence-electron chi connectivity index (χ2n) is 3.63. The van der Waals surface area contributed by atoms with E-state index in [4.69, 9.17) is 16.3 Å². The Bertz CT molecular complexity index is 316. The molecule has 0 aliphatic rings. The smallest absolute Gasteiger partial charge is 0.120 e. The van der Waals surface area contributed by atoms with Crippen molar-refractivity contribution in [2.45, 2.75) is 26.4 Å². The van der Waals surface area contributed by atoms with Crippen LogP contribution >= 0.6 is 11.6 Å². The number of hydrogen-bond donors (Lipinski definition) is 1. The minimum atomic E-state index is -0.915. The van der Waals surface area contributed by atoms with Gasteiger partial charge in [-0.1, -0.05) is 17.7 Å². The van der Waals surface area contributed by atoms with Crippen molar-refractivity contribution in [3.05, 3.63) is 28.8 Å². The van der Waals surface area contributed by atoms with Gasteiger partial charge in [-0.15, -0.1) is 0 Å². The minimum Gasteiger partial charge on any atom is -0.494 e. The summed E-state index contributed by atoms with van der Waals surface area (Å²) in [7, 11) is 0. The molecule has 1 aromatic carbocycles. The van der Waals surface area contributed by atoms with Crippen LogP contribution in [0.3, 0.4) is 0 Å². The van der Waals surface area contributed by atoms with Crippen molar-refractivity contribution < 1.29 is 9.84 Å². The fourth-order valence-electron chi connectivity index (χ4n) is 1.25. The van der Waals surface area contributed by atoms with Crippen molar-refractivity contribution in [2.75, 3.05) is 6.61 Å². The van der Waals surface area contributed by atoms with Crippen LogP contribution in [0.15, 0.2) is 18.2 Å². The molecule has 0 bridgehead atoms. The standard InChI is InChI=1S/C11H15ClO2/c1-4-14-8-5-6-9(10(12)7-8)11(2,3)13/h5-7,13H,4H2,1-3H3. The Hall–Kier alpha value is -0.730. The third kappa shape index (κ3) is 2.63. The molecule has 0 radical (unpaired) electrons. The van der Waals surface area contributed by atoms with E-state index in [-0.39, 0.29) is 0 Å². The predicted molar refractivity (Wildman–Crippen MR) is 57.9 cm³/mol. The Kier molecular flexibility index (Phi) is 3.40. The van der Waals surface area contributed by atoms with Gasteiger partial charge >= 0.3 is 0 Å². The molecule has 0 fully saturated rings. The molecule has 0 saturated carbocycles. The summed E-state index contributed by atoms with van der Waals surface area (Å²) in [5, 5.41) is 10.3. The number of aliphatic hydroxyl groups is 1. The maximum Gasteiger partial charge on any atom is 0.120 e. The van der Waals surface area contributed by atoms with Gasteiger partial charge in [-0.2, -0.15) is 0 Å². The monoisotopic (exact) mass is 214 g/mol. The lowest BCUT2D eigenvalue weighted by molar-refractivity contribution is 0.0786. The summed E-state index contributed by atoms with van der Waals surface area (Å²) in [6.07, 6.45) is 0. The summed E-state index contributed by atoms with van der Waals surface area (Å²) in [6.45, 7) is 5.93. The molecular formula is C11H15ClO2. The molecule has 0 saturated heterocycles. The lowest BCUT2D eigenvalue weighted by atomic mass is 9.98. The number of ether oxygens (including phenoxy) is 1. The number of benzene rings is 1. The molecule has 1 N–H and O–H groups in total. The molecule has 0 aliphatic carbocycles. The van der Waals surface area contributed by atoms with Crippen LogP contribution in [0.4, 0.5) is 0 Å². The van der Waals surface area contributed by atoms with Crippen LogP contribution in [0.2, 0.25) is 5.02 Å². The Morgan fingerprint density at radius 1 is 1.43 bits per heavy atom. The second-order valence-corrected chi connectivity index (χ2v) is 4.04. The topological polar surface area (TPSA) is 29.5 Å². The maximum atomic E-state index is 9.77. The van der Waals surface area contributed by atoms with Crippen LogP contribution in [0, 0.1) is 0 Å². The molecule has 0 aliphatic heterocycles. The van der Waals surface area contributed by atoms with Gasteiger partial charge < -0.3 is 9.84 Å². The summed E-state index contributed by atoms with van der Waals surface area (Å²) < 4.78 is 5.29. The van der Waals surface area contributed by atoms with Crippen LogP contribution in [-0.2, 0) is 5.60 Å². The van der Waals surface area contributed by atoms with Crippen molar-refractivity contribution in [2.24, 2.45) is 0 Å². The van der Waals surface area contributed by atoms with E-state index in [1.54, 1.807) is 26.0 Å². The quantitative estimate of drug-likeness (QED) is 0.839. The second kappa shape index (κ2) is 4.20. The van der Waals surface area contributed by atoms with Gasteiger partial charge in [0, 0.05) is 5.56 Å². The SMILES string of the molecule is CCOc1ccc(C(C)(C)O)c(Cl)c1. The predicted octanol–water partition coefficient (Wildman–Crippen LogP) is 2.97. The van der Waals surface area contributed by atoms with E-state index in [0.717, 1.165) is 5.75 Å². The van der Waals surface area contributed by atoms with Gasteiger partial charge in [0.25, 0.3) is 0 Å². The van der Waals surface area contributed by atoms with Gasteiger partial charge in [-0.25, -0.2) is 0 Å². The van der Waals surface area contributed by atoms with Gasteiger partial charge in [-0.05, 0) is 32.9 Å². The molecule has 2 nitrogen and oxygen atoms in total. The van der Waals surface area contributed by atoms with Crippen molar-refractivity contribution in [1.29, 1.82) is 0 Å². The molecule has 1 rings (SSSR count). The molecule has 0 aromatic heterocycles. The number of rotatable bonds is 3. The number of halogens is 1. The molecule has 0 amide bonds. The Morgan fingerprint density at radius 2 is 2.07 bits per heavy atom. The minimum absolute atomic E-state index is 0.531. The highest BCUT2D eigenvalue weighted by atomic mass is 35.5. The van der Waals surface area contributed by atoms with E-state index in [0.29, 0.717) is 17.2 Å². The first kappa shape index (κ1) is 11.3. The molecule has 14 heavy (non-hydrogen) atoms. The third-order valence-corrected chi connectivity index (χ3v) is 2.22. The normalized spacial score (nSPS) is 11.5. The first-order chi connectivity index (χ1) is 6.45. The van der Waals surface area contributed by atoms with Crippen LogP contribution in [0.1, 0.15) is 26.3 Å². The van der Waals surface area contributed by atoms with Gasteiger partial charge in [0.1, 0.15) is 5.75 Å². The van der Waals surface area contributed by atoms with Gasteiger partial charge in [0.05, 0.1) is 17.2 Å². The molecule has 0 unspecified atom stereocenters. The van der Waals surface area contributed by atoms with Crippen LogP contribution < -0.4 is 4.74 Å². The van der Waals surface area contributed by atoms with E-state index in [9.17, 15) is 5.11 Å². The molecule has 3 heteroatoms. The van der Waals surface area contributed by atoms with Crippen molar-refractivity contribution in [3.8, 4) is 5.75 Å². The summed E-state index contributed by atoms with van der Waals surface area (Å²) in [4.78, 5) is 0. The molecule has 0 heterocycles. The zero-order valence-corrected chi connectivity index (χ0v) is 9.43. The van der Waals surface area contributed by atoms with Crippen LogP contribution in [0.25, 0.3) is 0 Å². The average molecular weight is 215 g/mol. The Labute approximate surface area is 89.5 Å². The van der Waals surface area contributed by atoms with Crippen molar-refractivity contribution >= 4 is 11.6 Å². The van der Waals surface area contributed by atoms with E-state index < -0.39 is 5.60 Å². The van der Waals surface area contributed by atoms with E-state index in [1.807, 2.05) is 13.0 Å². The van der Waals surface area contributed by atoms with Gasteiger partial charge in [0.15, 0.2) is 0 Å². The Balaban J connectivity index is 3.02. The highest BCUT2D eigenvalue weighted by Crippen LogP contribution is 2.30.